The van der Waals surface area contributed by atoms with E-state index < -0.39 is 0 Å². The molecule has 2 nitrogen and oxygen atoms in total. The van der Waals surface area contributed by atoms with Crippen LogP contribution >= 0.6 is 0 Å². The van der Waals surface area contributed by atoms with Crippen LogP contribution in [0, 0.1) is 19.8 Å². The normalized spacial score (nSPS) is 19.8. The fourth-order valence-corrected chi connectivity index (χ4v) is 2.49. The van der Waals surface area contributed by atoms with Crippen LogP contribution in [-0.4, -0.2) is 5.91 Å². The van der Waals surface area contributed by atoms with E-state index in [2.05, 4.69) is 43.9 Å². The van der Waals surface area contributed by atoms with E-state index >= 15 is 0 Å². The first-order chi connectivity index (χ1) is 8.56. The maximum absolute atomic E-state index is 11.8. The van der Waals surface area contributed by atoms with Crippen molar-refractivity contribution in [2.75, 3.05) is 0 Å². The molecule has 2 rings (SSSR count). The zero-order valence-electron chi connectivity index (χ0n) is 11.3. The molecule has 1 atom stereocenters. The van der Waals surface area contributed by atoms with Crippen molar-refractivity contribution in [3.63, 3.8) is 0 Å². The van der Waals surface area contributed by atoms with Gasteiger partial charge in [-0.2, -0.15) is 0 Å². The SMILES string of the molecule is C=C1CCC(CCc2cc(C)ccc2C)C(=O)N1. The smallest absolute Gasteiger partial charge is 0.227 e. The molecule has 0 aliphatic carbocycles. The molecule has 1 unspecified atom stereocenters. The van der Waals surface area contributed by atoms with Crippen molar-refractivity contribution in [1.29, 1.82) is 0 Å². The number of aryl methyl sites for hydroxylation is 3. The number of hydrogen-bond donors (Lipinski definition) is 1. The van der Waals surface area contributed by atoms with E-state index in [-0.39, 0.29) is 11.8 Å². The predicted molar refractivity (Wildman–Crippen MR) is 74.2 cm³/mol. The van der Waals surface area contributed by atoms with Crippen LogP contribution in [0.25, 0.3) is 0 Å². The molecule has 2 heteroatoms. The van der Waals surface area contributed by atoms with Crippen LogP contribution in [0.4, 0.5) is 0 Å². The lowest BCUT2D eigenvalue weighted by Gasteiger charge is -2.23. The Morgan fingerprint density at radius 1 is 1.39 bits per heavy atom. The van der Waals surface area contributed by atoms with Crippen LogP contribution in [-0.2, 0) is 11.2 Å². The minimum absolute atomic E-state index is 0.149. The lowest BCUT2D eigenvalue weighted by Crippen LogP contribution is -2.34. The fourth-order valence-electron chi connectivity index (χ4n) is 2.49. The van der Waals surface area contributed by atoms with Crippen molar-refractivity contribution in [3.05, 3.63) is 47.2 Å². The first-order valence-electron chi connectivity index (χ1n) is 6.61. The summed E-state index contributed by atoms with van der Waals surface area (Å²) < 4.78 is 0. The number of rotatable bonds is 3. The lowest BCUT2D eigenvalue weighted by atomic mass is 9.89. The standard InChI is InChI=1S/C16H21NO/c1-11-4-5-12(2)15(10-11)9-8-14-7-6-13(3)17-16(14)18/h4-5,10,14H,3,6-9H2,1-2H3,(H,17,18). The number of allylic oxidation sites excluding steroid dienone is 1. The number of nitrogens with one attached hydrogen (secondary N) is 1. The number of benzene rings is 1. The third kappa shape index (κ3) is 3.00. The number of hydrogen-bond acceptors (Lipinski definition) is 1. The Balaban J connectivity index is 1.97. The molecule has 1 amide bonds. The molecule has 1 aromatic carbocycles. The Bertz CT molecular complexity index is 476. The van der Waals surface area contributed by atoms with Gasteiger partial charge in [0.05, 0.1) is 0 Å². The molecule has 1 saturated heterocycles. The second-order valence-corrected chi connectivity index (χ2v) is 5.30. The maximum atomic E-state index is 11.8. The first kappa shape index (κ1) is 12.9. The Morgan fingerprint density at radius 2 is 2.17 bits per heavy atom. The highest BCUT2D eigenvalue weighted by molar-refractivity contribution is 5.81. The van der Waals surface area contributed by atoms with Crippen molar-refractivity contribution >= 4 is 5.91 Å². The summed E-state index contributed by atoms with van der Waals surface area (Å²) in [7, 11) is 0. The summed E-state index contributed by atoms with van der Waals surface area (Å²) in [6.07, 6.45) is 3.78. The van der Waals surface area contributed by atoms with Gasteiger partial charge in [-0.05, 0) is 50.7 Å². The number of amides is 1. The monoisotopic (exact) mass is 243 g/mol. The molecule has 1 N–H and O–H groups in total. The molecule has 1 heterocycles. The van der Waals surface area contributed by atoms with Crippen molar-refractivity contribution in [1.82, 2.24) is 5.32 Å². The van der Waals surface area contributed by atoms with Crippen molar-refractivity contribution in [3.8, 4) is 0 Å². The zero-order valence-corrected chi connectivity index (χ0v) is 11.3. The van der Waals surface area contributed by atoms with Crippen LogP contribution < -0.4 is 5.32 Å². The molecule has 1 aliphatic rings. The third-order valence-electron chi connectivity index (χ3n) is 3.73. The second-order valence-electron chi connectivity index (χ2n) is 5.30. The van der Waals surface area contributed by atoms with E-state index in [9.17, 15) is 4.79 Å². The Labute approximate surface area is 109 Å². The summed E-state index contributed by atoms with van der Waals surface area (Å²) in [5.74, 6) is 0.298. The molecule has 0 aromatic heterocycles. The largest absolute Gasteiger partial charge is 0.330 e. The molecule has 1 fully saturated rings. The summed E-state index contributed by atoms with van der Waals surface area (Å²) in [4.78, 5) is 11.8. The van der Waals surface area contributed by atoms with Gasteiger partial charge in [0.1, 0.15) is 0 Å². The average molecular weight is 243 g/mol. The Hall–Kier alpha value is -1.57. The van der Waals surface area contributed by atoms with Gasteiger partial charge in [-0.15, -0.1) is 0 Å². The van der Waals surface area contributed by atoms with E-state index in [0.717, 1.165) is 31.4 Å². The van der Waals surface area contributed by atoms with E-state index in [0.29, 0.717) is 0 Å². The van der Waals surface area contributed by atoms with E-state index in [1.54, 1.807) is 0 Å². The molecular formula is C16H21NO. The summed E-state index contributed by atoms with van der Waals surface area (Å²) in [5.41, 5.74) is 4.84. The average Bonchev–Trinajstić information content (AvgIpc) is 2.32. The van der Waals surface area contributed by atoms with Gasteiger partial charge in [0, 0.05) is 11.6 Å². The van der Waals surface area contributed by atoms with Crippen molar-refractivity contribution < 1.29 is 4.79 Å². The van der Waals surface area contributed by atoms with Gasteiger partial charge in [-0.3, -0.25) is 4.79 Å². The minimum Gasteiger partial charge on any atom is -0.330 e. The maximum Gasteiger partial charge on any atom is 0.227 e. The molecule has 1 aromatic rings. The topological polar surface area (TPSA) is 29.1 Å². The van der Waals surface area contributed by atoms with Crippen LogP contribution in [0.3, 0.4) is 0 Å². The summed E-state index contributed by atoms with van der Waals surface area (Å²) in [6.45, 7) is 8.06. The van der Waals surface area contributed by atoms with Crippen LogP contribution in [0.1, 0.15) is 36.0 Å². The fraction of sp³-hybridized carbons (Fsp3) is 0.438. The predicted octanol–water partition coefficient (Wildman–Crippen LogP) is 3.28. The van der Waals surface area contributed by atoms with Gasteiger partial charge < -0.3 is 5.32 Å². The minimum atomic E-state index is 0.149. The highest BCUT2D eigenvalue weighted by Crippen LogP contribution is 2.23. The number of carbonyl (C=O) groups excluding carboxylic acids is 1. The Kier molecular flexibility index (Phi) is 3.85. The van der Waals surface area contributed by atoms with Gasteiger partial charge in [0.15, 0.2) is 0 Å². The molecule has 1 aliphatic heterocycles. The molecular weight excluding hydrogens is 222 g/mol. The highest BCUT2D eigenvalue weighted by atomic mass is 16.1. The van der Waals surface area contributed by atoms with E-state index in [1.807, 2.05) is 0 Å². The quantitative estimate of drug-likeness (QED) is 0.867. The van der Waals surface area contributed by atoms with Gasteiger partial charge in [0.25, 0.3) is 0 Å². The Morgan fingerprint density at radius 3 is 2.89 bits per heavy atom. The summed E-state index contributed by atoms with van der Waals surface area (Å²) in [5, 5.41) is 2.86. The third-order valence-corrected chi connectivity index (χ3v) is 3.73. The molecule has 0 bridgehead atoms. The van der Waals surface area contributed by atoms with Crippen LogP contribution in [0.2, 0.25) is 0 Å². The van der Waals surface area contributed by atoms with E-state index in [1.165, 1.54) is 16.7 Å². The number of carbonyl (C=O) groups is 1. The summed E-state index contributed by atoms with van der Waals surface area (Å²) >= 11 is 0. The van der Waals surface area contributed by atoms with Crippen molar-refractivity contribution in [2.45, 2.75) is 39.5 Å². The molecule has 0 radical (unpaired) electrons. The van der Waals surface area contributed by atoms with Gasteiger partial charge >= 0.3 is 0 Å². The second kappa shape index (κ2) is 5.38. The van der Waals surface area contributed by atoms with Gasteiger partial charge in [-0.25, -0.2) is 0 Å². The van der Waals surface area contributed by atoms with Crippen LogP contribution in [0.15, 0.2) is 30.5 Å². The van der Waals surface area contributed by atoms with Gasteiger partial charge in [-0.1, -0.05) is 30.3 Å². The first-order valence-corrected chi connectivity index (χ1v) is 6.61. The van der Waals surface area contributed by atoms with Gasteiger partial charge in [0.2, 0.25) is 5.91 Å². The van der Waals surface area contributed by atoms with Crippen molar-refractivity contribution in [2.24, 2.45) is 5.92 Å². The lowest BCUT2D eigenvalue weighted by molar-refractivity contribution is -0.125. The molecule has 0 saturated carbocycles. The molecule has 96 valence electrons. The molecule has 18 heavy (non-hydrogen) atoms. The zero-order chi connectivity index (χ0) is 13.1. The van der Waals surface area contributed by atoms with Crippen LogP contribution in [0.5, 0.6) is 0 Å². The highest BCUT2D eigenvalue weighted by Gasteiger charge is 2.23. The molecule has 0 spiro atoms. The summed E-state index contributed by atoms with van der Waals surface area (Å²) in [6, 6.07) is 6.53. The number of piperidine rings is 1. The van der Waals surface area contributed by atoms with E-state index in [4.69, 9.17) is 0 Å².